The second-order valence-electron chi connectivity index (χ2n) is 4.66. The molecule has 0 aliphatic heterocycles. The average Bonchev–Trinajstić information content (AvgIpc) is 3.02. The Balaban J connectivity index is 1.62. The lowest BCUT2D eigenvalue weighted by atomic mass is 10.3. The van der Waals surface area contributed by atoms with E-state index < -0.39 is 16.7 Å². The van der Waals surface area contributed by atoms with Crippen LogP contribution >= 0.6 is 0 Å². The van der Waals surface area contributed by atoms with Gasteiger partial charge in [0.05, 0.1) is 12.7 Å². The van der Waals surface area contributed by atoms with Crippen molar-refractivity contribution in [1.82, 2.24) is 5.32 Å². The molecule has 0 radical (unpaired) electrons. The van der Waals surface area contributed by atoms with Gasteiger partial charge in [-0.25, -0.2) is 4.39 Å². The molecule has 0 saturated heterocycles. The van der Waals surface area contributed by atoms with Crippen LogP contribution in [0.3, 0.4) is 0 Å². The molecule has 1 N–H and O–H groups in total. The quantitative estimate of drug-likeness (QED) is 0.458. The first-order chi connectivity index (χ1) is 11.1. The maximum absolute atomic E-state index is 12.7. The first-order valence-electron chi connectivity index (χ1n) is 6.97. The average molecular weight is 322 g/mol. The van der Waals surface area contributed by atoms with E-state index in [-0.39, 0.29) is 11.6 Å². The SMILES string of the molecule is O=C(NCCCCOc1ccc(F)cc1)c1ccc([N+](=O)[O-])o1. The van der Waals surface area contributed by atoms with Crippen molar-refractivity contribution in [3.05, 3.63) is 58.1 Å². The molecule has 0 bridgehead atoms. The van der Waals surface area contributed by atoms with Crippen LogP contribution in [0.15, 0.2) is 40.8 Å². The van der Waals surface area contributed by atoms with Crippen molar-refractivity contribution in [2.75, 3.05) is 13.2 Å². The number of furan rings is 1. The van der Waals surface area contributed by atoms with Crippen LogP contribution in [0.5, 0.6) is 5.75 Å². The number of hydrogen-bond acceptors (Lipinski definition) is 5. The third-order valence-electron chi connectivity index (χ3n) is 2.93. The minimum atomic E-state index is -0.705. The minimum Gasteiger partial charge on any atom is -0.494 e. The topological polar surface area (TPSA) is 94.6 Å². The number of halogens is 1. The van der Waals surface area contributed by atoms with Crippen LogP contribution in [0.2, 0.25) is 0 Å². The van der Waals surface area contributed by atoms with Crippen LogP contribution in [-0.2, 0) is 0 Å². The number of amides is 1. The second kappa shape index (κ2) is 7.92. The van der Waals surface area contributed by atoms with Crippen LogP contribution < -0.4 is 10.1 Å². The fourth-order valence-corrected chi connectivity index (χ4v) is 1.78. The predicted octanol–water partition coefficient (Wildman–Crippen LogP) is 2.92. The summed E-state index contributed by atoms with van der Waals surface area (Å²) in [7, 11) is 0. The van der Waals surface area contributed by atoms with Crippen molar-refractivity contribution < 1.29 is 23.3 Å². The highest BCUT2D eigenvalue weighted by molar-refractivity contribution is 5.91. The number of ether oxygens (including phenoxy) is 1. The Morgan fingerprint density at radius 2 is 1.96 bits per heavy atom. The third-order valence-corrected chi connectivity index (χ3v) is 2.93. The summed E-state index contributed by atoms with van der Waals surface area (Å²) in [5.74, 6) is -0.809. The Hall–Kier alpha value is -2.90. The smallest absolute Gasteiger partial charge is 0.433 e. The highest BCUT2D eigenvalue weighted by atomic mass is 19.1. The molecule has 2 rings (SSSR count). The molecular weight excluding hydrogens is 307 g/mol. The molecule has 0 aliphatic carbocycles. The van der Waals surface area contributed by atoms with Gasteiger partial charge in [0.1, 0.15) is 16.5 Å². The molecule has 1 aromatic heterocycles. The van der Waals surface area contributed by atoms with E-state index in [4.69, 9.17) is 9.15 Å². The molecular formula is C15H15FN2O5. The van der Waals surface area contributed by atoms with E-state index in [2.05, 4.69) is 5.32 Å². The summed E-state index contributed by atoms with van der Waals surface area (Å²) in [6.45, 7) is 0.827. The van der Waals surface area contributed by atoms with Crippen molar-refractivity contribution >= 4 is 11.8 Å². The molecule has 122 valence electrons. The van der Waals surface area contributed by atoms with Crippen LogP contribution in [0, 0.1) is 15.9 Å². The summed E-state index contributed by atoms with van der Waals surface area (Å²) in [6.07, 6.45) is 1.35. The molecule has 23 heavy (non-hydrogen) atoms. The lowest BCUT2D eigenvalue weighted by molar-refractivity contribution is -0.402. The number of nitro groups is 1. The fraction of sp³-hybridized carbons (Fsp3) is 0.267. The zero-order valence-electron chi connectivity index (χ0n) is 12.2. The van der Waals surface area contributed by atoms with E-state index in [1.165, 1.54) is 18.2 Å². The van der Waals surface area contributed by atoms with Gasteiger partial charge < -0.3 is 14.5 Å². The molecule has 2 aromatic rings. The maximum atomic E-state index is 12.7. The molecule has 0 spiro atoms. The third kappa shape index (κ3) is 5.10. The molecule has 1 amide bonds. The van der Waals surface area contributed by atoms with E-state index >= 15 is 0 Å². The summed E-state index contributed by atoms with van der Waals surface area (Å²) in [5, 5.41) is 13.0. The van der Waals surface area contributed by atoms with Gasteiger partial charge in [0, 0.05) is 6.54 Å². The number of nitrogens with zero attached hydrogens (tertiary/aromatic N) is 1. The molecule has 0 saturated carbocycles. The molecule has 7 nitrogen and oxygen atoms in total. The summed E-state index contributed by atoms with van der Waals surface area (Å²) in [5.41, 5.74) is 0. The standard InChI is InChI=1S/C15H15FN2O5/c16-11-3-5-12(6-4-11)22-10-2-1-9-17-15(19)13-7-8-14(23-13)18(20)21/h3-8H,1-2,9-10H2,(H,17,19). The Bertz CT molecular complexity index is 669. The predicted molar refractivity (Wildman–Crippen MR) is 78.8 cm³/mol. The second-order valence-corrected chi connectivity index (χ2v) is 4.66. The first-order valence-corrected chi connectivity index (χ1v) is 6.97. The van der Waals surface area contributed by atoms with Crippen LogP contribution in [-0.4, -0.2) is 24.0 Å². The normalized spacial score (nSPS) is 10.3. The summed E-state index contributed by atoms with van der Waals surface area (Å²) in [6, 6.07) is 8.11. The zero-order valence-corrected chi connectivity index (χ0v) is 12.2. The molecule has 0 atom stereocenters. The number of benzene rings is 1. The number of carbonyl (C=O) groups is 1. The van der Waals surface area contributed by atoms with Crippen molar-refractivity contribution in [3.8, 4) is 5.75 Å². The van der Waals surface area contributed by atoms with Gasteiger partial charge in [-0.05, 0) is 43.2 Å². The van der Waals surface area contributed by atoms with Gasteiger partial charge in [0.2, 0.25) is 0 Å². The lowest BCUT2D eigenvalue weighted by Crippen LogP contribution is -2.24. The van der Waals surface area contributed by atoms with Crippen molar-refractivity contribution in [1.29, 1.82) is 0 Å². The molecule has 1 heterocycles. The largest absolute Gasteiger partial charge is 0.494 e. The van der Waals surface area contributed by atoms with Crippen LogP contribution in [0.25, 0.3) is 0 Å². The number of hydrogen-bond donors (Lipinski definition) is 1. The highest BCUT2D eigenvalue weighted by Crippen LogP contribution is 2.15. The monoisotopic (exact) mass is 322 g/mol. The molecule has 1 aromatic carbocycles. The van der Waals surface area contributed by atoms with E-state index in [1.807, 2.05) is 0 Å². The molecule has 0 unspecified atom stereocenters. The van der Waals surface area contributed by atoms with Crippen LogP contribution in [0.1, 0.15) is 23.4 Å². The van der Waals surface area contributed by atoms with E-state index in [0.29, 0.717) is 31.7 Å². The number of unbranched alkanes of at least 4 members (excludes halogenated alkanes) is 1. The van der Waals surface area contributed by atoms with E-state index in [9.17, 15) is 19.3 Å². The Morgan fingerprint density at radius 3 is 2.61 bits per heavy atom. The first kappa shape index (κ1) is 16.5. The maximum Gasteiger partial charge on any atom is 0.433 e. The van der Waals surface area contributed by atoms with Gasteiger partial charge in [-0.15, -0.1) is 0 Å². The molecule has 8 heteroatoms. The van der Waals surface area contributed by atoms with Gasteiger partial charge in [-0.3, -0.25) is 14.9 Å². The van der Waals surface area contributed by atoms with Gasteiger partial charge in [-0.2, -0.15) is 0 Å². The number of rotatable bonds is 8. The number of nitrogens with one attached hydrogen (secondary N) is 1. The van der Waals surface area contributed by atoms with Gasteiger partial charge in [-0.1, -0.05) is 0 Å². The fourth-order valence-electron chi connectivity index (χ4n) is 1.78. The van der Waals surface area contributed by atoms with Crippen LogP contribution in [0.4, 0.5) is 10.3 Å². The zero-order chi connectivity index (χ0) is 16.7. The van der Waals surface area contributed by atoms with Gasteiger partial charge in [0.15, 0.2) is 5.76 Å². The summed E-state index contributed by atoms with van der Waals surface area (Å²) in [4.78, 5) is 21.4. The highest BCUT2D eigenvalue weighted by Gasteiger charge is 2.16. The Morgan fingerprint density at radius 1 is 1.22 bits per heavy atom. The van der Waals surface area contributed by atoms with Crippen molar-refractivity contribution in [3.63, 3.8) is 0 Å². The van der Waals surface area contributed by atoms with Crippen molar-refractivity contribution in [2.24, 2.45) is 0 Å². The number of carbonyl (C=O) groups excluding carboxylic acids is 1. The summed E-state index contributed by atoms with van der Waals surface area (Å²) < 4.78 is 22.9. The van der Waals surface area contributed by atoms with E-state index in [1.54, 1.807) is 12.1 Å². The lowest BCUT2D eigenvalue weighted by Gasteiger charge is -2.06. The molecule has 0 aliphatic rings. The Labute approximate surface area is 131 Å². The van der Waals surface area contributed by atoms with Gasteiger partial charge >= 0.3 is 5.88 Å². The van der Waals surface area contributed by atoms with Gasteiger partial charge in [0.25, 0.3) is 5.91 Å². The van der Waals surface area contributed by atoms with Crippen molar-refractivity contribution in [2.45, 2.75) is 12.8 Å². The van der Waals surface area contributed by atoms with E-state index in [0.717, 1.165) is 6.07 Å². The summed E-state index contributed by atoms with van der Waals surface area (Å²) >= 11 is 0. The Kier molecular flexibility index (Phi) is 5.67. The molecule has 0 fully saturated rings. The minimum absolute atomic E-state index is 0.0979.